The fourth-order valence-corrected chi connectivity index (χ4v) is 3.67. The highest BCUT2D eigenvalue weighted by atomic mass is 32.2. The minimum absolute atomic E-state index is 0.0516. The van der Waals surface area contributed by atoms with Crippen LogP contribution in [0.1, 0.15) is 20.3 Å². The number of hydrogen-bond donors (Lipinski definition) is 1. The fourth-order valence-electron chi connectivity index (χ4n) is 2.17. The first-order valence-corrected chi connectivity index (χ1v) is 8.73. The molecule has 0 aliphatic carbocycles. The molecule has 2 aromatic rings. The van der Waals surface area contributed by atoms with Crippen LogP contribution < -0.4 is 5.32 Å². The van der Waals surface area contributed by atoms with Gasteiger partial charge in [-0.3, -0.25) is 4.68 Å². The molecule has 0 saturated carbocycles. The minimum Gasteiger partial charge on any atom is -0.379 e. The topological polar surface area (TPSA) is 64.0 Å². The molecule has 1 heterocycles. The summed E-state index contributed by atoms with van der Waals surface area (Å²) >= 11 is 0. The smallest absolute Gasteiger partial charge is 0.180 e. The van der Waals surface area contributed by atoms with Crippen LogP contribution in [0, 0.1) is 0 Å². The molecule has 1 N–H and O–H groups in total. The molecule has 2 rings (SSSR count). The van der Waals surface area contributed by atoms with Gasteiger partial charge in [-0.05, 0) is 25.5 Å². The summed E-state index contributed by atoms with van der Waals surface area (Å²) in [7, 11) is -3.27. The molecule has 0 aliphatic heterocycles. The van der Waals surface area contributed by atoms with Crippen LogP contribution in [-0.4, -0.2) is 30.0 Å². The van der Waals surface area contributed by atoms with Crippen molar-refractivity contribution in [3.8, 4) is 0 Å². The van der Waals surface area contributed by atoms with Gasteiger partial charge in [-0.2, -0.15) is 5.10 Å². The Morgan fingerprint density at radius 3 is 2.67 bits per heavy atom. The number of rotatable bonds is 7. The monoisotopic (exact) mass is 307 g/mol. The first-order valence-electron chi connectivity index (χ1n) is 7.08. The van der Waals surface area contributed by atoms with E-state index >= 15 is 0 Å². The van der Waals surface area contributed by atoms with E-state index in [1.165, 1.54) is 0 Å². The molecule has 0 saturated heterocycles. The molecule has 0 fully saturated rings. The Kier molecular flexibility index (Phi) is 5.01. The predicted molar refractivity (Wildman–Crippen MR) is 84.1 cm³/mol. The fraction of sp³-hybridized carbons (Fsp3) is 0.400. The van der Waals surface area contributed by atoms with Crippen molar-refractivity contribution in [3.63, 3.8) is 0 Å². The number of benzene rings is 1. The maximum atomic E-state index is 12.3. The number of anilines is 1. The van der Waals surface area contributed by atoms with Gasteiger partial charge in [-0.25, -0.2) is 8.42 Å². The molecular formula is C15H21N3O2S. The highest BCUT2D eigenvalue weighted by Crippen LogP contribution is 2.14. The number of aryl methyl sites for hydroxylation is 1. The Morgan fingerprint density at radius 2 is 2.00 bits per heavy atom. The van der Waals surface area contributed by atoms with Gasteiger partial charge in [0, 0.05) is 18.8 Å². The maximum Gasteiger partial charge on any atom is 0.180 e. The molecule has 0 radical (unpaired) electrons. The molecule has 6 heteroatoms. The SMILES string of the molecule is CCCn1cc(N[C@@H](C)CS(=O)(=O)c2ccccc2)cn1. The van der Waals surface area contributed by atoms with Crippen molar-refractivity contribution in [2.45, 2.75) is 37.8 Å². The molecule has 0 aliphatic rings. The van der Waals surface area contributed by atoms with Gasteiger partial charge in [0.2, 0.25) is 0 Å². The third-order valence-corrected chi connectivity index (χ3v) is 5.00. The summed E-state index contributed by atoms with van der Waals surface area (Å²) in [5.74, 6) is 0.0516. The number of nitrogens with zero attached hydrogens (tertiary/aromatic N) is 2. The lowest BCUT2D eigenvalue weighted by Gasteiger charge is -2.14. The molecule has 0 bridgehead atoms. The quantitative estimate of drug-likeness (QED) is 0.854. The Balaban J connectivity index is 1.99. The lowest BCUT2D eigenvalue weighted by Crippen LogP contribution is -2.25. The van der Waals surface area contributed by atoms with E-state index in [0.717, 1.165) is 18.7 Å². The van der Waals surface area contributed by atoms with Crippen molar-refractivity contribution in [3.05, 3.63) is 42.7 Å². The van der Waals surface area contributed by atoms with E-state index in [-0.39, 0.29) is 11.8 Å². The molecule has 1 aromatic carbocycles. The first kappa shape index (κ1) is 15.6. The van der Waals surface area contributed by atoms with Crippen LogP contribution in [0.15, 0.2) is 47.6 Å². The average Bonchev–Trinajstić information content (AvgIpc) is 2.87. The van der Waals surface area contributed by atoms with Gasteiger partial charge < -0.3 is 5.32 Å². The molecule has 0 spiro atoms. The van der Waals surface area contributed by atoms with Gasteiger partial charge in [0.15, 0.2) is 9.84 Å². The molecule has 0 amide bonds. The second-order valence-electron chi connectivity index (χ2n) is 5.13. The van der Waals surface area contributed by atoms with Crippen molar-refractivity contribution in [2.24, 2.45) is 0 Å². The maximum absolute atomic E-state index is 12.3. The second-order valence-corrected chi connectivity index (χ2v) is 7.17. The number of hydrogen-bond acceptors (Lipinski definition) is 4. The van der Waals surface area contributed by atoms with E-state index in [4.69, 9.17) is 0 Å². The van der Waals surface area contributed by atoms with Crippen LogP contribution in [0.2, 0.25) is 0 Å². The summed E-state index contributed by atoms with van der Waals surface area (Å²) < 4.78 is 26.4. The first-order chi connectivity index (χ1) is 10.0. The lowest BCUT2D eigenvalue weighted by atomic mass is 10.4. The summed E-state index contributed by atoms with van der Waals surface area (Å²) in [6, 6.07) is 8.35. The molecule has 0 unspecified atom stereocenters. The third kappa shape index (κ3) is 4.32. The minimum atomic E-state index is -3.27. The van der Waals surface area contributed by atoms with Crippen LogP contribution in [0.3, 0.4) is 0 Å². The molecule has 5 nitrogen and oxygen atoms in total. The van der Waals surface area contributed by atoms with Crippen LogP contribution >= 0.6 is 0 Å². The van der Waals surface area contributed by atoms with E-state index in [1.807, 2.05) is 23.9 Å². The van der Waals surface area contributed by atoms with E-state index in [0.29, 0.717) is 4.90 Å². The van der Waals surface area contributed by atoms with Crippen molar-refractivity contribution < 1.29 is 8.42 Å². The van der Waals surface area contributed by atoms with Crippen molar-refractivity contribution >= 4 is 15.5 Å². The molecule has 1 aromatic heterocycles. The van der Waals surface area contributed by atoms with E-state index < -0.39 is 9.84 Å². The van der Waals surface area contributed by atoms with Gasteiger partial charge in [-0.1, -0.05) is 25.1 Å². The van der Waals surface area contributed by atoms with Crippen LogP contribution in [0.5, 0.6) is 0 Å². The van der Waals surface area contributed by atoms with E-state index in [2.05, 4.69) is 17.3 Å². The summed E-state index contributed by atoms with van der Waals surface area (Å²) in [4.78, 5) is 0.361. The van der Waals surface area contributed by atoms with Crippen LogP contribution in [0.4, 0.5) is 5.69 Å². The standard InChI is InChI=1S/C15H21N3O2S/c1-3-9-18-11-14(10-16-18)17-13(2)12-21(19,20)15-7-5-4-6-8-15/h4-8,10-11,13,17H,3,9,12H2,1-2H3/t13-/m0/s1. The highest BCUT2D eigenvalue weighted by Gasteiger charge is 2.18. The molecular weight excluding hydrogens is 286 g/mol. The number of sulfone groups is 1. The summed E-state index contributed by atoms with van der Waals surface area (Å²) in [5, 5.41) is 7.40. The van der Waals surface area contributed by atoms with E-state index in [9.17, 15) is 8.42 Å². The zero-order chi connectivity index (χ0) is 15.3. The Hall–Kier alpha value is -1.82. The van der Waals surface area contributed by atoms with Crippen LogP contribution in [0.25, 0.3) is 0 Å². The van der Waals surface area contributed by atoms with Crippen molar-refractivity contribution in [2.75, 3.05) is 11.1 Å². The summed E-state index contributed by atoms with van der Waals surface area (Å²) in [5.41, 5.74) is 0.846. The number of nitrogens with one attached hydrogen (secondary N) is 1. The molecule has 1 atom stereocenters. The lowest BCUT2D eigenvalue weighted by molar-refractivity contribution is 0.592. The molecule has 21 heavy (non-hydrogen) atoms. The summed E-state index contributed by atoms with van der Waals surface area (Å²) in [6.07, 6.45) is 4.63. The van der Waals surface area contributed by atoms with Gasteiger partial charge >= 0.3 is 0 Å². The normalized spacial score (nSPS) is 13.0. The third-order valence-electron chi connectivity index (χ3n) is 3.07. The van der Waals surface area contributed by atoms with E-state index in [1.54, 1.807) is 30.5 Å². The number of aromatic nitrogens is 2. The van der Waals surface area contributed by atoms with Crippen LogP contribution in [-0.2, 0) is 16.4 Å². The zero-order valence-electron chi connectivity index (χ0n) is 12.4. The Labute approximate surface area is 125 Å². The van der Waals surface area contributed by atoms with Crippen molar-refractivity contribution in [1.82, 2.24) is 9.78 Å². The van der Waals surface area contributed by atoms with Gasteiger partial charge in [-0.15, -0.1) is 0 Å². The largest absolute Gasteiger partial charge is 0.379 e. The highest BCUT2D eigenvalue weighted by molar-refractivity contribution is 7.91. The zero-order valence-corrected chi connectivity index (χ0v) is 13.2. The molecule has 114 valence electrons. The van der Waals surface area contributed by atoms with Gasteiger partial charge in [0.05, 0.1) is 22.5 Å². The summed E-state index contributed by atoms with van der Waals surface area (Å²) in [6.45, 7) is 4.81. The van der Waals surface area contributed by atoms with Gasteiger partial charge in [0.25, 0.3) is 0 Å². The Morgan fingerprint density at radius 1 is 1.29 bits per heavy atom. The Bertz CT molecular complexity index is 665. The average molecular weight is 307 g/mol. The van der Waals surface area contributed by atoms with Crippen molar-refractivity contribution in [1.29, 1.82) is 0 Å². The second kappa shape index (κ2) is 6.76. The van der Waals surface area contributed by atoms with Gasteiger partial charge in [0.1, 0.15) is 0 Å². The predicted octanol–water partition coefficient (Wildman–Crippen LogP) is 2.57.